The highest BCUT2D eigenvalue weighted by Crippen LogP contribution is 2.36. The predicted molar refractivity (Wildman–Crippen MR) is 107 cm³/mol. The third kappa shape index (κ3) is 3.83. The number of nitrogens with zero attached hydrogens (tertiary/aromatic N) is 1. The van der Waals surface area contributed by atoms with Gasteiger partial charge in [0.1, 0.15) is 10.1 Å². The number of thiophene rings is 1. The number of fused-ring (bicyclic) bond motifs is 1. The summed E-state index contributed by atoms with van der Waals surface area (Å²) in [5.74, 6) is -0.319. The number of nitrogens with one attached hydrogen (secondary N) is 1. The quantitative estimate of drug-likeness (QED) is 0.399. The number of hydrogen-bond donors (Lipinski definition) is 1. The van der Waals surface area contributed by atoms with Crippen LogP contribution in [-0.2, 0) is 9.53 Å². The lowest BCUT2D eigenvalue weighted by Gasteiger charge is -2.12. The topological polar surface area (TPSA) is 72.0 Å². The van der Waals surface area contributed by atoms with Crippen LogP contribution in [0.25, 0.3) is 21.3 Å². The van der Waals surface area contributed by atoms with E-state index in [1.54, 1.807) is 20.8 Å². The van der Waals surface area contributed by atoms with Crippen LogP contribution in [0.5, 0.6) is 0 Å². The molecule has 1 unspecified atom stereocenters. The van der Waals surface area contributed by atoms with E-state index in [0.29, 0.717) is 15.4 Å². The summed E-state index contributed by atoms with van der Waals surface area (Å²) >= 11 is 2.69. The summed E-state index contributed by atoms with van der Waals surface area (Å²) in [4.78, 5) is 33.8. The van der Waals surface area contributed by atoms with Gasteiger partial charge in [-0.2, -0.15) is 0 Å². The number of carbonyl (C=O) groups excluding carboxylic acids is 1. The van der Waals surface area contributed by atoms with Gasteiger partial charge >= 0.3 is 5.97 Å². The largest absolute Gasteiger partial charge is 0.462 e. The Kier molecular flexibility index (Phi) is 5.48. The van der Waals surface area contributed by atoms with E-state index in [0.717, 1.165) is 16.0 Å². The number of ether oxygens (including phenoxy) is 1. The van der Waals surface area contributed by atoms with Gasteiger partial charge in [-0.05, 0) is 33.3 Å². The van der Waals surface area contributed by atoms with Crippen molar-refractivity contribution in [3.05, 3.63) is 45.6 Å². The van der Waals surface area contributed by atoms with Gasteiger partial charge in [0.15, 0.2) is 5.16 Å². The number of carbonyl (C=O) groups is 1. The lowest BCUT2D eigenvalue weighted by atomic mass is 10.0. The summed E-state index contributed by atoms with van der Waals surface area (Å²) in [6, 6.07) is 9.82. The molecule has 136 valence electrons. The molecule has 0 spiro atoms. The first kappa shape index (κ1) is 18.7. The zero-order chi connectivity index (χ0) is 18.8. The SMILES string of the molecule is Cc1sc2nc(SC(C)C(=O)OC(C)C)[nH]c(=O)c2c1-c1ccccc1. The first-order valence-corrected chi connectivity index (χ1v) is 10.0. The van der Waals surface area contributed by atoms with E-state index < -0.39 is 5.25 Å². The molecule has 0 saturated carbocycles. The Bertz CT molecular complexity index is 993. The molecule has 0 aliphatic rings. The molecule has 3 aromatic rings. The van der Waals surface area contributed by atoms with Gasteiger partial charge in [0, 0.05) is 10.4 Å². The molecule has 0 saturated heterocycles. The van der Waals surface area contributed by atoms with Crippen molar-refractivity contribution in [3.63, 3.8) is 0 Å². The van der Waals surface area contributed by atoms with Crippen LogP contribution in [-0.4, -0.2) is 27.3 Å². The highest BCUT2D eigenvalue weighted by atomic mass is 32.2. The van der Waals surface area contributed by atoms with Crippen molar-refractivity contribution >= 4 is 39.3 Å². The minimum atomic E-state index is -0.451. The number of aryl methyl sites for hydroxylation is 1. The maximum absolute atomic E-state index is 12.7. The van der Waals surface area contributed by atoms with Crippen molar-refractivity contribution in [2.75, 3.05) is 0 Å². The molecule has 3 rings (SSSR count). The van der Waals surface area contributed by atoms with Crippen LogP contribution in [0.1, 0.15) is 25.6 Å². The van der Waals surface area contributed by atoms with Gasteiger partial charge in [0.2, 0.25) is 0 Å². The van der Waals surface area contributed by atoms with Gasteiger partial charge in [-0.3, -0.25) is 9.59 Å². The fourth-order valence-electron chi connectivity index (χ4n) is 2.65. The average Bonchev–Trinajstić information content (AvgIpc) is 2.91. The minimum Gasteiger partial charge on any atom is -0.462 e. The maximum atomic E-state index is 12.7. The number of esters is 1. The molecule has 26 heavy (non-hydrogen) atoms. The van der Waals surface area contributed by atoms with E-state index in [1.807, 2.05) is 37.3 Å². The van der Waals surface area contributed by atoms with Gasteiger partial charge < -0.3 is 9.72 Å². The van der Waals surface area contributed by atoms with Gasteiger partial charge in [-0.1, -0.05) is 42.1 Å². The second-order valence-corrected chi connectivity index (χ2v) is 8.73. The van der Waals surface area contributed by atoms with Gasteiger partial charge in [-0.15, -0.1) is 11.3 Å². The summed E-state index contributed by atoms with van der Waals surface area (Å²) in [6.07, 6.45) is -0.173. The summed E-state index contributed by atoms with van der Waals surface area (Å²) < 4.78 is 5.21. The van der Waals surface area contributed by atoms with Crippen LogP contribution in [0.2, 0.25) is 0 Å². The zero-order valence-electron chi connectivity index (χ0n) is 15.0. The van der Waals surface area contributed by atoms with Crippen molar-refractivity contribution in [1.82, 2.24) is 9.97 Å². The molecule has 0 aliphatic carbocycles. The van der Waals surface area contributed by atoms with Crippen molar-refractivity contribution in [2.24, 2.45) is 0 Å². The van der Waals surface area contributed by atoms with E-state index in [1.165, 1.54) is 23.1 Å². The molecule has 1 atom stereocenters. The molecular weight excluding hydrogens is 368 g/mol. The summed E-state index contributed by atoms with van der Waals surface area (Å²) in [5, 5.41) is 0.574. The van der Waals surface area contributed by atoms with Crippen LogP contribution in [0.15, 0.2) is 40.3 Å². The standard InChI is InChI=1S/C19H20N2O3S2/c1-10(2)24-18(23)12(4)26-19-20-16(22)15-14(11(3)25-17(15)21-19)13-8-6-5-7-9-13/h5-10,12H,1-4H3,(H,20,21,22). The molecule has 1 aromatic carbocycles. The fraction of sp³-hybridized carbons (Fsp3) is 0.316. The minimum absolute atomic E-state index is 0.173. The molecule has 0 fully saturated rings. The van der Waals surface area contributed by atoms with E-state index in [4.69, 9.17) is 4.74 Å². The van der Waals surface area contributed by atoms with Gasteiger partial charge in [0.05, 0.1) is 11.5 Å². The first-order valence-electron chi connectivity index (χ1n) is 8.32. The number of thioether (sulfide) groups is 1. The predicted octanol–water partition coefficient (Wildman–Crippen LogP) is 4.39. The Balaban J connectivity index is 1.98. The lowest BCUT2D eigenvalue weighted by Crippen LogP contribution is -2.21. The van der Waals surface area contributed by atoms with Gasteiger partial charge in [-0.25, -0.2) is 4.98 Å². The van der Waals surface area contributed by atoms with E-state index in [2.05, 4.69) is 9.97 Å². The van der Waals surface area contributed by atoms with E-state index in [9.17, 15) is 9.59 Å². The molecule has 0 amide bonds. The molecule has 2 aromatic heterocycles. The average molecular weight is 389 g/mol. The third-order valence-electron chi connectivity index (χ3n) is 3.75. The van der Waals surface area contributed by atoms with Crippen molar-refractivity contribution in [3.8, 4) is 11.1 Å². The molecule has 2 heterocycles. The van der Waals surface area contributed by atoms with Crippen LogP contribution in [0.4, 0.5) is 0 Å². The molecular formula is C19H20N2O3S2. The molecule has 7 heteroatoms. The Labute approximate surface area is 159 Å². The Morgan fingerprint density at radius 3 is 2.58 bits per heavy atom. The van der Waals surface area contributed by atoms with Crippen molar-refractivity contribution in [2.45, 2.75) is 44.2 Å². The van der Waals surface area contributed by atoms with Crippen LogP contribution < -0.4 is 5.56 Å². The van der Waals surface area contributed by atoms with E-state index >= 15 is 0 Å². The Morgan fingerprint density at radius 2 is 1.92 bits per heavy atom. The highest BCUT2D eigenvalue weighted by molar-refractivity contribution is 8.00. The van der Waals surface area contributed by atoms with Crippen LogP contribution >= 0.6 is 23.1 Å². The Morgan fingerprint density at radius 1 is 1.23 bits per heavy atom. The molecule has 0 aliphatic heterocycles. The first-order chi connectivity index (χ1) is 12.4. The number of rotatable bonds is 5. The monoisotopic (exact) mass is 388 g/mol. The summed E-state index contributed by atoms with van der Waals surface area (Å²) in [6.45, 7) is 7.35. The molecule has 0 radical (unpaired) electrons. The molecule has 1 N–H and O–H groups in total. The zero-order valence-corrected chi connectivity index (χ0v) is 16.7. The number of aromatic nitrogens is 2. The second kappa shape index (κ2) is 7.63. The smallest absolute Gasteiger partial charge is 0.319 e. The van der Waals surface area contributed by atoms with Gasteiger partial charge in [0.25, 0.3) is 5.56 Å². The number of H-pyrrole nitrogens is 1. The van der Waals surface area contributed by atoms with Crippen LogP contribution in [0.3, 0.4) is 0 Å². The van der Waals surface area contributed by atoms with Crippen LogP contribution in [0, 0.1) is 6.92 Å². The summed E-state index contributed by atoms with van der Waals surface area (Å²) in [5.41, 5.74) is 1.73. The van der Waals surface area contributed by atoms with E-state index in [-0.39, 0.29) is 17.6 Å². The highest BCUT2D eigenvalue weighted by Gasteiger charge is 2.21. The maximum Gasteiger partial charge on any atom is 0.319 e. The fourth-order valence-corrected chi connectivity index (χ4v) is 4.54. The Hall–Kier alpha value is -2.12. The normalized spacial score (nSPS) is 12.5. The lowest BCUT2D eigenvalue weighted by molar-refractivity contribution is -0.146. The van der Waals surface area contributed by atoms with Crippen molar-refractivity contribution < 1.29 is 9.53 Å². The third-order valence-corrected chi connectivity index (χ3v) is 5.71. The van der Waals surface area contributed by atoms with Crippen molar-refractivity contribution in [1.29, 1.82) is 0 Å². The molecule has 5 nitrogen and oxygen atoms in total. The number of aromatic amines is 1. The summed E-state index contributed by atoms with van der Waals surface area (Å²) in [7, 11) is 0. The second-order valence-electron chi connectivity index (χ2n) is 6.20. The number of benzene rings is 1. The molecule has 0 bridgehead atoms. The number of hydrogen-bond acceptors (Lipinski definition) is 6.